The van der Waals surface area contributed by atoms with Crippen LogP contribution in [0.1, 0.15) is 22.8 Å². The molecule has 14 nitrogen and oxygen atoms in total. The van der Waals surface area contributed by atoms with Gasteiger partial charge in [0.2, 0.25) is 16.9 Å². The molecule has 5 aromatic heterocycles. The number of fused-ring (bicyclic) bond motifs is 4. The van der Waals surface area contributed by atoms with Gasteiger partial charge in [0.25, 0.3) is 0 Å². The molecule has 0 N–H and O–H groups in total. The molecule has 0 aliphatic rings. The first-order valence-electron chi connectivity index (χ1n) is 9.93. The maximum Gasteiger partial charge on any atom is 0.201 e. The number of aromatic nitrogens is 10. The Kier molecular flexibility index (Phi) is 4.27. The smallest absolute Gasteiger partial charge is 0.201 e. The minimum absolute atomic E-state index is 0.0592. The van der Waals surface area contributed by atoms with E-state index >= 15 is 0 Å². The molecule has 36 heavy (non-hydrogen) atoms. The zero-order chi connectivity index (χ0) is 24.8. The highest BCUT2D eigenvalue weighted by molar-refractivity contribution is 5.87. The van der Waals surface area contributed by atoms with Crippen molar-refractivity contribution in [1.82, 2.24) is 49.8 Å². The summed E-state index contributed by atoms with van der Waals surface area (Å²) in [5.41, 5.74) is 2.25. The summed E-state index contributed by atoms with van der Waals surface area (Å²) < 4.78 is 0. The fourth-order valence-corrected chi connectivity index (χ4v) is 3.41. The molecule has 0 fully saturated rings. The van der Waals surface area contributed by atoms with Crippen LogP contribution in [0.4, 0.5) is 0 Å². The summed E-state index contributed by atoms with van der Waals surface area (Å²) >= 11 is 0. The highest BCUT2D eigenvalue weighted by Gasteiger charge is 2.15. The van der Waals surface area contributed by atoms with Crippen LogP contribution in [0, 0.1) is 45.3 Å². The first-order valence-corrected chi connectivity index (χ1v) is 9.93. The normalized spacial score (nSPS) is 10.7. The first-order chi connectivity index (χ1) is 17.6. The fraction of sp³-hybridized carbons (Fsp3) is 0. The second-order valence-corrected chi connectivity index (χ2v) is 7.14. The fourth-order valence-electron chi connectivity index (χ4n) is 3.41. The number of hydrogen-bond acceptors (Lipinski definition) is 14. The van der Waals surface area contributed by atoms with Gasteiger partial charge in [-0.05, 0) is 12.1 Å². The quantitative estimate of drug-likeness (QED) is 0.313. The predicted octanol–water partition coefficient (Wildman–Crippen LogP) is 1.40. The maximum absolute atomic E-state index is 9.21. The van der Waals surface area contributed by atoms with Crippen molar-refractivity contribution >= 4 is 44.9 Å². The van der Waals surface area contributed by atoms with Crippen molar-refractivity contribution in [3.63, 3.8) is 0 Å². The van der Waals surface area contributed by atoms with Crippen LogP contribution in [0.3, 0.4) is 0 Å². The van der Waals surface area contributed by atoms with Gasteiger partial charge in [0.05, 0.1) is 22.9 Å². The summed E-state index contributed by atoms with van der Waals surface area (Å²) in [6, 6.07) is 12.4. The Labute approximate surface area is 198 Å². The largest absolute Gasteiger partial charge is 0.231 e. The van der Waals surface area contributed by atoms with Crippen molar-refractivity contribution in [1.29, 1.82) is 21.0 Å². The Balaban J connectivity index is 1.49. The summed E-state index contributed by atoms with van der Waals surface area (Å²) in [5.74, 6) is 0. The molecular weight excluding hydrogens is 460 g/mol. The zero-order valence-corrected chi connectivity index (χ0v) is 17.6. The molecule has 6 rings (SSSR count). The summed E-state index contributed by atoms with van der Waals surface area (Å²) in [7, 11) is 0. The van der Waals surface area contributed by atoms with E-state index in [1.54, 1.807) is 24.3 Å². The molecule has 5 heterocycles. The Morgan fingerprint density at radius 1 is 0.472 bits per heavy atom. The van der Waals surface area contributed by atoms with Crippen LogP contribution >= 0.6 is 0 Å². The van der Waals surface area contributed by atoms with E-state index in [0.29, 0.717) is 22.3 Å². The Morgan fingerprint density at radius 3 is 1.50 bits per heavy atom. The van der Waals surface area contributed by atoms with Crippen LogP contribution < -0.4 is 0 Å². The van der Waals surface area contributed by atoms with Crippen molar-refractivity contribution in [2.75, 3.05) is 0 Å². The molecule has 6 aromatic rings. The second kappa shape index (κ2) is 7.59. The lowest BCUT2D eigenvalue weighted by molar-refractivity contribution is 1.11. The van der Waals surface area contributed by atoms with Gasteiger partial charge in [-0.3, -0.25) is 0 Å². The van der Waals surface area contributed by atoms with Gasteiger partial charge in [-0.1, -0.05) is 6.07 Å². The summed E-state index contributed by atoms with van der Waals surface area (Å²) in [6.45, 7) is 0. The third-order valence-corrected chi connectivity index (χ3v) is 5.03. The van der Waals surface area contributed by atoms with Crippen LogP contribution in [0.15, 0.2) is 24.4 Å². The predicted molar refractivity (Wildman–Crippen MR) is 119 cm³/mol. The molecule has 0 aliphatic carbocycles. The van der Waals surface area contributed by atoms with Gasteiger partial charge in [0.1, 0.15) is 24.3 Å². The number of hydrogen-bond donors (Lipinski definition) is 0. The third-order valence-electron chi connectivity index (χ3n) is 5.03. The van der Waals surface area contributed by atoms with Crippen molar-refractivity contribution in [3.05, 3.63) is 47.2 Å². The molecule has 0 radical (unpaired) electrons. The van der Waals surface area contributed by atoms with Crippen molar-refractivity contribution in [2.45, 2.75) is 0 Å². The molecule has 0 spiro atoms. The van der Waals surface area contributed by atoms with E-state index in [9.17, 15) is 10.5 Å². The van der Waals surface area contributed by atoms with Crippen molar-refractivity contribution in [2.24, 2.45) is 0 Å². The number of rotatable bonds is 1. The topological polar surface area (TPSA) is 224 Å². The highest BCUT2D eigenvalue weighted by Crippen LogP contribution is 2.24. The lowest BCUT2D eigenvalue weighted by atomic mass is 10.1. The van der Waals surface area contributed by atoms with E-state index in [2.05, 4.69) is 49.8 Å². The first kappa shape index (κ1) is 20.2. The molecule has 0 unspecified atom stereocenters. The van der Waals surface area contributed by atoms with Gasteiger partial charge in [0.15, 0.2) is 39.7 Å². The minimum Gasteiger partial charge on any atom is -0.231 e. The van der Waals surface area contributed by atoms with Gasteiger partial charge in [-0.25, -0.2) is 49.8 Å². The van der Waals surface area contributed by atoms with E-state index in [0.717, 1.165) is 0 Å². The average Bonchev–Trinajstić information content (AvgIpc) is 2.92. The molecule has 0 amide bonds. The second-order valence-electron chi connectivity index (χ2n) is 7.14. The van der Waals surface area contributed by atoms with E-state index in [-0.39, 0.29) is 56.7 Å². The molecular formula is C22H4N14. The SMILES string of the molecule is N#Cc1nc2nc3ccc(-c4cnc5nc6nc(C#N)c(C#N)nc6nc5n4)cc3nc2nc1C#N. The molecule has 14 heteroatoms. The Morgan fingerprint density at radius 2 is 0.944 bits per heavy atom. The van der Waals surface area contributed by atoms with E-state index < -0.39 is 0 Å². The highest BCUT2D eigenvalue weighted by atomic mass is 15.1. The van der Waals surface area contributed by atoms with Gasteiger partial charge in [0, 0.05) is 5.56 Å². The lowest BCUT2D eigenvalue weighted by Crippen LogP contribution is -2.02. The summed E-state index contributed by atoms with van der Waals surface area (Å²) in [6.07, 6.45) is 1.49. The van der Waals surface area contributed by atoms with Crippen molar-refractivity contribution in [3.8, 4) is 35.5 Å². The monoisotopic (exact) mass is 464 g/mol. The maximum atomic E-state index is 9.21. The minimum atomic E-state index is -0.160. The van der Waals surface area contributed by atoms with Crippen LogP contribution in [0.25, 0.3) is 56.2 Å². The van der Waals surface area contributed by atoms with Crippen molar-refractivity contribution < 1.29 is 0 Å². The average molecular weight is 464 g/mol. The molecule has 0 saturated carbocycles. The lowest BCUT2D eigenvalue weighted by Gasteiger charge is -2.05. The summed E-state index contributed by atoms with van der Waals surface area (Å²) in [5, 5.41) is 36.7. The van der Waals surface area contributed by atoms with Gasteiger partial charge in [-0.15, -0.1) is 0 Å². The molecule has 0 atom stereocenters. The van der Waals surface area contributed by atoms with Gasteiger partial charge < -0.3 is 0 Å². The molecule has 1 aromatic carbocycles. The van der Waals surface area contributed by atoms with Crippen LogP contribution in [0.2, 0.25) is 0 Å². The van der Waals surface area contributed by atoms with E-state index in [4.69, 9.17) is 10.5 Å². The van der Waals surface area contributed by atoms with Crippen LogP contribution in [0.5, 0.6) is 0 Å². The van der Waals surface area contributed by atoms with Gasteiger partial charge >= 0.3 is 0 Å². The van der Waals surface area contributed by atoms with E-state index in [1.165, 1.54) is 6.20 Å². The zero-order valence-electron chi connectivity index (χ0n) is 17.6. The number of nitriles is 4. The molecule has 0 saturated heterocycles. The number of nitrogens with zero attached hydrogens (tertiary/aromatic N) is 14. The molecule has 162 valence electrons. The Bertz CT molecular complexity index is 1960. The number of benzene rings is 1. The molecule has 0 bridgehead atoms. The van der Waals surface area contributed by atoms with E-state index in [1.807, 2.05) is 18.2 Å². The molecule has 0 aliphatic heterocycles. The summed E-state index contributed by atoms with van der Waals surface area (Å²) in [4.78, 5) is 42.4. The third kappa shape index (κ3) is 3.09. The van der Waals surface area contributed by atoms with Crippen LogP contribution in [-0.2, 0) is 0 Å². The van der Waals surface area contributed by atoms with Gasteiger partial charge in [-0.2, -0.15) is 21.0 Å². The Hall–Kier alpha value is -6.38. The standard InChI is InChI=1S/C22H4N14/c23-4-12-13(5-24)31-20-19(30-12)28-10-2-1-9(3-11(10)29-20)16-8-27-17-18(34-16)36-22-21(35-17)32-14(6-25)15(7-26)33-22/h1-3,8H. The van der Waals surface area contributed by atoms with Crippen LogP contribution in [-0.4, -0.2) is 49.8 Å².